The highest BCUT2D eigenvalue weighted by Gasteiger charge is 2.08. The summed E-state index contributed by atoms with van der Waals surface area (Å²) in [6.45, 7) is 0. The van der Waals surface area contributed by atoms with Gasteiger partial charge in [-0.1, -0.05) is 24.3 Å². The van der Waals surface area contributed by atoms with Gasteiger partial charge in [-0.15, -0.1) is 0 Å². The predicted molar refractivity (Wildman–Crippen MR) is 110 cm³/mol. The highest BCUT2D eigenvalue weighted by molar-refractivity contribution is 5.97. The van der Waals surface area contributed by atoms with Crippen molar-refractivity contribution in [2.75, 3.05) is 24.3 Å². The summed E-state index contributed by atoms with van der Waals surface area (Å²) in [6.07, 6.45) is 3.01. The molecule has 0 aliphatic carbocycles. The second-order valence-electron chi connectivity index (χ2n) is 6.29. The summed E-state index contributed by atoms with van der Waals surface area (Å²) < 4.78 is 0. The van der Waals surface area contributed by atoms with Crippen molar-refractivity contribution in [3.8, 4) is 11.1 Å². The van der Waals surface area contributed by atoms with Crippen molar-refractivity contribution in [2.24, 2.45) is 0 Å². The summed E-state index contributed by atoms with van der Waals surface area (Å²) in [5.74, 6) is -0.424. The number of nitrogens with one attached hydrogen (secondary N) is 3. The van der Waals surface area contributed by atoms with E-state index in [-0.39, 0.29) is 0 Å². The zero-order chi connectivity index (χ0) is 19.9. The molecule has 7 nitrogen and oxygen atoms in total. The minimum Gasteiger partial charge on any atom is -0.378 e. The molecule has 1 aromatic heterocycles. The number of urea groups is 1. The number of rotatable bonds is 4. The third kappa shape index (κ3) is 4.85. The second kappa shape index (κ2) is 8.68. The van der Waals surface area contributed by atoms with Gasteiger partial charge in [0.05, 0.1) is 0 Å². The second-order valence-corrected chi connectivity index (χ2v) is 6.29. The molecule has 3 aromatic rings. The maximum Gasteiger partial charge on any atom is 0.337 e. The van der Waals surface area contributed by atoms with E-state index in [1.165, 1.54) is 12.4 Å². The van der Waals surface area contributed by atoms with E-state index >= 15 is 0 Å². The largest absolute Gasteiger partial charge is 0.378 e. The Hall–Kier alpha value is -3.87. The fourth-order valence-corrected chi connectivity index (χ4v) is 2.58. The number of aromatic nitrogens is 1. The monoisotopic (exact) mass is 375 g/mol. The lowest BCUT2D eigenvalue weighted by Crippen LogP contribution is -2.43. The number of anilines is 2. The van der Waals surface area contributed by atoms with Crippen molar-refractivity contribution in [1.82, 2.24) is 15.8 Å². The molecule has 0 fully saturated rings. The van der Waals surface area contributed by atoms with Crippen LogP contribution in [0.1, 0.15) is 10.4 Å². The number of hydrazine groups is 1. The SMILES string of the molecule is CN(C)c1ccc(-c2cccc(NC(=O)NNC(=O)c3ccncc3)c2)cc1. The predicted octanol–water partition coefficient (Wildman–Crippen LogP) is 3.28. The van der Waals surface area contributed by atoms with Gasteiger partial charge in [0.1, 0.15) is 0 Å². The van der Waals surface area contributed by atoms with Gasteiger partial charge in [0.2, 0.25) is 0 Å². The minimum absolute atomic E-state index is 0.401. The summed E-state index contributed by atoms with van der Waals surface area (Å²) in [5, 5.41) is 2.70. The Morgan fingerprint density at radius 3 is 2.25 bits per heavy atom. The highest BCUT2D eigenvalue weighted by atomic mass is 16.2. The van der Waals surface area contributed by atoms with Crippen LogP contribution in [-0.2, 0) is 0 Å². The zero-order valence-electron chi connectivity index (χ0n) is 15.6. The van der Waals surface area contributed by atoms with E-state index < -0.39 is 11.9 Å². The Kier molecular flexibility index (Phi) is 5.86. The topological polar surface area (TPSA) is 86.4 Å². The average Bonchev–Trinajstić information content (AvgIpc) is 2.73. The minimum atomic E-state index is -0.539. The quantitative estimate of drug-likeness (QED) is 0.611. The zero-order valence-corrected chi connectivity index (χ0v) is 15.6. The molecule has 3 N–H and O–H groups in total. The maximum atomic E-state index is 12.1. The molecule has 0 unspecified atom stereocenters. The van der Waals surface area contributed by atoms with Crippen LogP contribution in [0, 0.1) is 0 Å². The first-order valence-electron chi connectivity index (χ1n) is 8.68. The van der Waals surface area contributed by atoms with Crippen LogP contribution in [0.2, 0.25) is 0 Å². The fraction of sp³-hybridized carbons (Fsp3) is 0.0952. The number of carbonyl (C=O) groups excluding carboxylic acids is 2. The summed E-state index contributed by atoms with van der Waals surface area (Å²) in [4.78, 5) is 29.9. The number of benzene rings is 2. The van der Waals surface area contributed by atoms with Crippen molar-refractivity contribution in [3.05, 3.63) is 78.6 Å². The molecule has 0 saturated heterocycles. The number of amides is 3. The Balaban J connectivity index is 1.61. The molecule has 2 aromatic carbocycles. The van der Waals surface area contributed by atoms with E-state index in [0.717, 1.165) is 16.8 Å². The summed E-state index contributed by atoms with van der Waals surface area (Å²) >= 11 is 0. The third-order valence-corrected chi connectivity index (χ3v) is 4.07. The molecule has 0 aliphatic heterocycles. The molecule has 0 aliphatic rings. The van der Waals surface area contributed by atoms with E-state index in [9.17, 15) is 9.59 Å². The van der Waals surface area contributed by atoms with Crippen LogP contribution in [0.4, 0.5) is 16.2 Å². The molecule has 3 amide bonds. The van der Waals surface area contributed by atoms with E-state index in [4.69, 9.17) is 0 Å². The average molecular weight is 375 g/mol. The Morgan fingerprint density at radius 1 is 0.857 bits per heavy atom. The lowest BCUT2D eigenvalue weighted by molar-refractivity contribution is 0.0938. The van der Waals surface area contributed by atoms with Crippen LogP contribution in [0.5, 0.6) is 0 Å². The summed E-state index contributed by atoms with van der Waals surface area (Å²) in [6, 6.07) is 18.2. The molecule has 0 spiro atoms. The lowest BCUT2D eigenvalue weighted by Gasteiger charge is -2.13. The molecule has 142 valence electrons. The van der Waals surface area contributed by atoms with Gasteiger partial charge in [-0.05, 0) is 47.5 Å². The molecular weight excluding hydrogens is 354 g/mol. The molecule has 3 rings (SSSR count). The van der Waals surface area contributed by atoms with Gasteiger partial charge in [0, 0.05) is 43.4 Å². The van der Waals surface area contributed by atoms with E-state index in [1.807, 2.05) is 61.5 Å². The normalized spacial score (nSPS) is 10.1. The van der Waals surface area contributed by atoms with Gasteiger partial charge in [-0.3, -0.25) is 15.2 Å². The molecule has 0 saturated carbocycles. The van der Waals surface area contributed by atoms with Gasteiger partial charge in [0.15, 0.2) is 0 Å². The Labute approximate surface area is 163 Å². The van der Waals surface area contributed by atoms with Crippen molar-refractivity contribution < 1.29 is 9.59 Å². The van der Waals surface area contributed by atoms with Crippen molar-refractivity contribution >= 4 is 23.3 Å². The first kappa shape index (κ1) is 18.9. The maximum absolute atomic E-state index is 12.1. The standard InChI is InChI=1S/C21H21N5O2/c1-26(2)19-8-6-15(7-9-19)17-4-3-5-18(14-17)23-21(28)25-24-20(27)16-10-12-22-13-11-16/h3-14H,1-2H3,(H,24,27)(H2,23,25,28). The van der Waals surface area contributed by atoms with E-state index in [2.05, 4.69) is 21.2 Å². The van der Waals surface area contributed by atoms with Crippen LogP contribution in [0.25, 0.3) is 11.1 Å². The smallest absolute Gasteiger partial charge is 0.337 e. The summed E-state index contributed by atoms with van der Waals surface area (Å²) in [5.41, 5.74) is 8.83. The molecule has 1 heterocycles. The van der Waals surface area contributed by atoms with Gasteiger partial charge in [-0.2, -0.15) is 0 Å². The molecule has 0 bridgehead atoms. The number of hydrogen-bond donors (Lipinski definition) is 3. The Bertz CT molecular complexity index is 956. The molecule has 7 heteroatoms. The van der Waals surface area contributed by atoms with Crippen LogP contribution in [0.15, 0.2) is 73.1 Å². The van der Waals surface area contributed by atoms with E-state index in [0.29, 0.717) is 11.3 Å². The first-order valence-corrected chi connectivity index (χ1v) is 8.68. The van der Waals surface area contributed by atoms with Gasteiger partial charge >= 0.3 is 6.03 Å². The number of hydrogen-bond acceptors (Lipinski definition) is 4. The Morgan fingerprint density at radius 2 is 1.57 bits per heavy atom. The number of carbonyl (C=O) groups is 2. The first-order chi connectivity index (χ1) is 13.5. The van der Waals surface area contributed by atoms with Crippen molar-refractivity contribution in [2.45, 2.75) is 0 Å². The molecular formula is C21H21N5O2. The van der Waals surface area contributed by atoms with Crippen LogP contribution >= 0.6 is 0 Å². The van der Waals surface area contributed by atoms with Gasteiger partial charge in [-0.25, -0.2) is 10.2 Å². The summed E-state index contributed by atoms with van der Waals surface area (Å²) in [7, 11) is 3.98. The lowest BCUT2D eigenvalue weighted by atomic mass is 10.0. The van der Waals surface area contributed by atoms with Crippen molar-refractivity contribution in [1.29, 1.82) is 0 Å². The molecule has 0 radical (unpaired) electrons. The van der Waals surface area contributed by atoms with Gasteiger partial charge < -0.3 is 10.2 Å². The number of pyridine rings is 1. The van der Waals surface area contributed by atoms with Crippen molar-refractivity contribution in [3.63, 3.8) is 0 Å². The fourth-order valence-electron chi connectivity index (χ4n) is 2.58. The number of nitrogens with zero attached hydrogens (tertiary/aromatic N) is 2. The van der Waals surface area contributed by atoms with E-state index in [1.54, 1.807) is 18.2 Å². The van der Waals surface area contributed by atoms with Crippen LogP contribution < -0.4 is 21.1 Å². The van der Waals surface area contributed by atoms with Gasteiger partial charge in [0.25, 0.3) is 5.91 Å². The third-order valence-electron chi connectivity index (χ3n) is 4.07. The van der Waals surface area contributed by atoms with Crippen LogP contribution in [0.3, 0.4) is 0 Å². The molecule has 28 heavy (non-hydrogen) atoms. The highest BCUT2D eigenvalue weighted by Crippen LogP contribution is 2.24. The molecule has 0 atom stereocenters. The van der Waals surface area contributed by atoms with Crippen LogP contribution in [-0.4, -0.2) is 31.0 Å².